The van der Waals surface area contributed by atoms with Crippen LogP contribution in [0, 0.1) is 0 Å². The molecule has 0 fully saturated rings. The van der Waals surface area contributed by atoms with Crippen LogP contribution in [-0.4, -0.2) is 80.8 Å². The molecule has 0 spiro atoms. The highest BCUT2D eigenvalue weighted by Gasteiger charge is 2.40. The Labute approximate surface area is 311 Å². The lowest BCUT2D eigenvalue weighted by Crippen LogP contribution is -2.57. The number of imidazole rings is 1. The first-order valence-corrected chi connectivity index (χ1v) is 17.1. The van der Waals surface area contributed by atoms with E-state index in [1.54, 1.807) is 66.7 Å². The smallest absolute Gasteiger partial charge is 0.419 e. The molecular formula is C38H42N6O10. The topological polar surface area (TPSA) is 221 Å². The number of hydrogen-bond acceptors (Lipinski definition) is 11. The predicted molar refractivity (Wildman–Crippen MR) is 192 cm³/mol. The first-order chi connectivity index (χ1) is 26.1. The second kappa shape index (κ2) is 21.1. The average molecular weight is 743 g/mol. The fourth-order valence-electron chi connectivity index (χ4n) is 5.14. The molecule has 0 unspecified atom stereocenters. The number of aliphatic carboxylic acids is 1. The van der Waals surface area contributed by atoms with E-state index in [-0.39, 0.29) is 57.7 Å². The molecule has 2 atom stereocenters. The number of nitrogens with two attached hydrogens (primary N) is 1. The summed E-state index contributed by atoms with van der Waals surface area (Å²) in [7, 11) is 0. The summed E-state index contributed by atoms with van der Waals surface area (Å²) in [6.45, 7) is -0.619. The normalized spacial score (nSPS) is 11.7. The Morgan fingerprint density at radius 3 is 1.89 bits per heavy atom. The lowest BCUT2D eigenvalue weighted by molar-refractivity contribution is -0.150. The van der Waals surface area contributed by atoms with Crippen molar-refractivity contribution < 1.29 is 48.1 Å². The Hall–Kier alpha value is -6.55. The molecule has 0 bridgehead atoms. The van der Waals surface area contributed by atoms with E-state index in [9.17, 15) is 33.9 Å². The summed E-state index contributed by atoms with van der Waals surface area (Å²) < 4.78 is 17.0. The Bertz CT molecular complexity index is 1840. The van der Waals surface area contributed by atoms with Crippen molar-refractivity contribution >= 4 is 36.1 Å². The molecule has 0 aliphatic carbocycles. The number of carbonyl (C=O) groups is 6. The molecule has 4 aromatic rings. The number of aromatic nitrogens is 2. The van der Waals surface area contributed by atoms with Crippen LogP contribution >= 0.6 is 0 Å². The van der Waals surface area contributed by atoms with Gasteiger partial charge in [0.2, 0.25) is 5.91 Å². The molecule has 3 aromatic carbocycles. The molecule has 0 aliphatic rings. The van der Waals surface area contributed by atoms with Crippen LogP contribution in [0.3, 0.4) is 0 Å². The van der Waals surface area contributed by atoms with Crippen molar-refractivity contribution in [2.45, 2.75) is 57.6 Å². The summed E-state index contributed by atoms with van der Waals surface area (Å²) in [5.74, 6) is -3.39. The standard InChI is InChI=1S/C38H42N6O10/c39-21-33(45)42-31(20-30-22-43(26-41-30)37(50)53-24-28-14-6-2-7-15-28)34(46)44(38(51)54-25-29-16-8-3-9-17-29)32(35(47)48)18-10-11-19-40-36(49)52-23-27-12-4-1-5-13-27/h1-9,12-17,22,26,31-32H,10-11,18-21,23-25,39H2,(H,40,49)(H,42,45)(H,47,48)/t31-,32-/m0/s1. The molecule has 4 amide bonds. The number of rotatable bonds is 18. The van der Waals surface area contributed by atoms with Gasteiger partial charge < -0.3 is 35.7 Å². The minimum Gasteiger partial charge on any atom is -0.480 e. The minimum absolute atomic E-state index is 0.00804. The number of carboxylic acids is 1. The van der Waals surface area contributed by atoms with Gasteiger partial charge >= 0.3 is 24.2 Å². The van der Waals surface area contributed by atoms with E-state index in [4.69, 9.17) is 19.9 Å². The third kappa shape index (κ3) is 12.9. The van der Waals surface area contributed by atoms with E-state index in [0.29, 0.717) is 10.5 Å². The number of carboxylic acid groups (broad SMARTS) is 1. The van der Waals surface area contributed by atoms with Crippen LogP contribution in [0.25, 0.3) is 0 Å². The minimum atomic E-state index is -1.73. The molecule has 1 aromatic heterocycles. The molecule has 16 nitrogen and oxygen atoms in total. The molecule has 0 saturated carbocycles. The summed E-state index contributed by atoms with van der Waals surface area (Å²) in [4.78, 5) is 82.4. The fraction of sp³-hybridized carbons (Fsp3) is 0.289. The van der Waals surface area contributed by atoms with Crippen molar-refractivity contribution in [3.63, 3.8) is 0 Å². The van der Waals surface area contributed by atoms with Crippen LogP contribution in [0.15, 0.2) is 104 Å². The first-order valence-electron chi connectivity index (χ1n) is 17.1. The number of imide groups is 1. The van der Waals surface area contributed by atoms with Gasteiger partial charge in [-0.15, -0.1) is 0 Å². The zero-order valence-electron chi connectivity index (χ0n) is 29.4. The Balaban J connectivity index is 1.46. The number of benzene rings is 3. The molecule has 16 heteroatoms. The Morgan fingerprint density at radius 1 is 0.778 bits per heavy atom. The van der Waals surface area contributed by atoms with Gasteiger partial charge in [0.25, 0.3) is 5.91 Å². The first kappa shape index (κ1) is 40.2. The van der Waals surface area contributed by atoms with Gasteiger partial charge in [0, 0.05) is 19.2 Å². The fourth-order valence-corrected chi connectivity index (χ4v) is 5.14. The summed E-state index contributed by atoms with van der Waals surface area (Å²) in [6.07, 6.45) is -0.394. The van der Waals surface area contributed by atoms with Crippen molar-refractivity contribution in [1.29, 1.82) is 0 Å². The van der Waals surface area contributed by atoms with Crippen molar-refractivity contribution in [2.24, 2.45) is 5.73 Å². The molecular weight excluding hydrogens is 700 g/mol. The maximum absolute atomic E-state index is 14.2. The van der Waals surface area contributed by atoms with E-state index in [2.05, 4.69) is 15.6 Å². The third-order valence-electron chi connectivity index (χ3n) is 7.91. The number of ether oxygens (including phenoxy) is 3. The zero-order chi connectivity index (χ0) is 38.7. The van der Waals surface area contributed by atoms with E-state index in [0.717, 1.165) is 22.0 Å². The largest absolute Gasteiger partial charge is 0.480 e. The summed E-state index contributed by atoms with van der Waals surface area (Å²) in [5.41, 5.74) is 7.79. The van der Waals surface area contributed by atoms with E-state index in [1.165, 1.54) is 6.20 Å². The highest BCUT2D eigenvalue weighted by Crippen LogP contribution is 2.17. The number of carbonyl (C=O) groups excluding carboxylic acids is 5. The predicted octanol–water partition coefficient (Wildman–Crippen LogP) is 3.77. The second-order valence-electron chi connectivity index (χ2n) is 11.9. The van der Waals surface area contributed by atoms with Gasteiger partial charge in [-0.1, -0.05) is 91.0 Å². The van der Waals surface area contributed by atoms with Crippen LogP contribution in [0.4, 0.5) is 14.4 Å². The maximum Gasteiger partial charge on any atom is 0.419 e. The lowest BCUT2D eigenvalue weighted by atomic mass is 10.0. The number of unbranched alkanes of at least 4 members (excludes halogenated alkanes) is 1. The van der Waals surface area contributed by atoms with Crippen molar-refractivity contribution in [2.75, 3.05) is 13.1 Å². The van der Waals surface area contributed by atoms with Crippen molar-refractivity contribution in [1.82, 2.24) is 25.1 Å². The number of alkyl carbamates (subject to hydrolysis) is 1. The van der Waals surface area contributed by atoms with Gasteiger partial charge in [-0.2, -0.15) is 0 Å². The highest BCUT2D eigenvalue weighted by molar-refractivity contribution is 6.00. The summed E-state index contributed by atoms with van der Waals surface area (Å²) >= 11 is 0. The quantitative estimate of drug-likeness (QED) is 0.0845. The van der Waals surface area contributed by atoms with Crippen molar-refractivity contribution in [3.8, 4) is 0 Å². The lowest BCUT2D eigenvalue weighted by Gasteiger charge is -2.30. The molecule has 0 radical (unpaired) electrons. The van der Waals surface area contributed by atoms with Crippen LogP contribution in [0.5, 0.6) is 0 Å². The van der Waals surface area contributed by atoms with E-state index >= 15 is 0 Å². The van der Waals surface area contributed by atoms with Crippen LogP contribution in [-0.2, 0) is 54.8 Å². The molecule has 0 saturated heterocycles. The van der Waals surface area contributed by atoms with Crippen molar-refractivity contribution in [3.05, 3.63) is 126 Å². The Kier molecular flexibility index (Phi) is 15.7. The average Bonchev–Trinajstić information content (AvgIpc) is 3.67. The third-order valence-corrected chi connectivity index (χ3v) is 7.91. The van der Waals surface area contributed by atoms with E-state index in [1.807, 2.05) is 24.3 Å². The number of nitrogens with zero attached hydrogens (tertiary/aromatic N) is 3. The molecule has 1 heterocycles. The van der Waals surface area contributed by atoms with Gasteiger partial charge in [-0.05, 0) is 36.0 Å². The maximum atomic E-state index is 14.2. The molecule has 0 aliphatic heterocycles. The number of hydrogen-bond donors (Lipinski definition) is 4. The van der Waals surface area contributed by atoms with Crippen LogP contribution < -0.4 is 16.4 Å². The van der Waals surface area contributed by atoms with E-state index < -0.39 is 54.7 Å². The van der Waals surface area contributed by atoms with Gasteiger partial charge in [0.15, 0.2) is 0 Å². The number of amides is 4. The van der Waals surface area contributed by atoms with Crippen LogP contribution in [0.2, 0.25) is 0 Å². The van der Waals surface area contributed by atoms with Gasteiger partial charge in [-0.25, -0.2) is 33.6 Å². The summed E-state index contributed by atoms with van der Waals surface area (Å²) in [5, 5.41) is 15.3. The van der Waals surface area contributed by atoms with Gasteiger partial charge in [0.1, 0.15) is 38.2 Å². The highest BCUT2D eigenvalue weighted by atomic mass is 16.6. The summed E-state index contributed by atoms with van der Waals surface area (Å²) in [6, 6.07) is 23.3. The van der Waals surface area contributed by atoms with Gasteiger partial charge in [-0.3, -0.25) is 9.59 Å². The SMILES string of the molecule is NCC(=O)N[C@@H](Cc1cn(C(=O)OCc2ccccc2)cn1)C(=O)N(C(=O)OCc1ccccc1)[C@@H](CCCCNC(=O)OCc1ccccc1)C(=O)O. The Morgan fingerprint density at radius 2 is 1.33 bits per heavy atom. The van der Waals surface area contributed by atoms with Gasteiger partial charge in [0.05, 0.1) is 12.2 Å². The zero-order valence-corrected chi connectivity index (χ0v) is 29.4. The molecule has 5 N–H and O–H groups in total. The molecule has 284 valence electrons. The van der Waals surface area contributed by atoms with Crippen LogP contribution in [0.1, 0.15) is 41.6 Å². The molecule has 4 rings (SSSR count). The molecule has 54 heavy (non-hydrogen) atoms. The second-order valence-corrected chi connectivity index (χ2v) is 11.9. The monoisotopic (exact) mass is 742 g/mol. The number of nitrogens with one attached hydrogen (secondary N) is 2.